The van der Waals surface area contributed by atoms with Crippen LogP contribution in [0.1, 0.15) is 49.5 Å². The van der Waals surface area contributed by atoms with Crippen LogP contribution in [0.5, 0.6) is 5.75 Å². The number of rotatable bonds is 3. The van der Waals surface area contributed by atoms with E-state index < -0.39 is 0 Å². The summed E-state index contributed by atoms with van der Waals surface area (Å²) < 4.78 is 5.82. The van der Waals surface area contributed by atoms with Crippen molar-refractivity contribution in [3.05, 3.63) is 24.0 Å². The third-order valence-corrected chi connectivity index (χ3v) is 2.95. The highest BCUT2D eigenvalue weighted by atomic mass is 16.5. The summed E-state index contributed by atoms with van der Waals surface area (Å²) in [6.07, 6.45) is 8.07. The fourth-order valence-electron chi connectivity index (χ4n) is 2.03. The van der Waals surface area contributed by atoms with Crippen molar-refractivity contribution in [3.63, 3.8) is 0 Å². The summed E-state index contributed by atoms with van der Waals surface area (Å²) in [6.45, 7) is 1.52. The number of Topliss-reactive ketones (excluding diaryl/α,β-unsaturated/α-hetero) is 1. The lowest BCUT2D eigenvalue weighted by Gasteiger charge is -2.22. The van der Waals surface area contributed by atoms with E-state index in [0.29, 0.717) is 11.8 Å². The van der Waals surface area contributed by atoms with Crippen LogP contribution in [-0.4, -0.2) is 16.9 Å². The number of hydrogen-bond donors (Lipinski definition) is 0. The molecule has 1 heterocycles. The summed E-state index contributed by atoms with van der Waals surface area (Å²) in [5.41, 5.74) is 0.496. The van der Waals surface area contributed by atoms with Crippen molar-refractivity contribution in [2.45, 2.75) is 45.1 Å². The zero-order valence-electron chi connectivity index (χ0n) is 9.61. The van der Waals surface area contributed by atoms with Crippen LogP contribution >= 0.6 is 0 Å². The summed E-state index contributed by atoms with van der Waals surface area (Å²) in [6, 6.07) is 3.55. The molecule has 0 aromatic carbocycles. The average molecular weight is 219 g/mol. The number of hydrogen-bond acceptors (Lipinski definition) is 3. The Hall–Kier alpha value is -1.38. The lowest BCUT2D eigenvalue weighted by Crippen LogP contribution is -2.19. The Morgan fingerprint density at radius 2 is 2.06 bits per heavy atom. The van der Waals surface area contributed by atoms with Crippen LogP contribution < -0.4 is 4.74 Å². The maximum Gasteiger partial charge on any atom is 0.178 e. The summed E-state index contributed by atoms with van der Waals surface area (Å²) in [5, 5.41) is 0. The molecule has 16 heavy (non-hydrogen) atoms. The molecule has 3 nitrogen and oxygen atoms in total. The second-order valence-electron chi connectivity index (χ2n) is 4.31. The number of pyridine rings is 1. The van der Waals surface area contributed by atoms with E-state index in [1.807, 2.05) is 6.07 Å². The van der Waals surface area contributed by atoms with Crippen molar-refractivity contribution >= 4 is 5.78 Å². The molecule has 1 aliphatic carbocycles. The van der Waals surface area contributed by atoms with Gasteiger partial charge in [-0.25, -0.2) is 4.98 Å². The number of ketones is 1. The first kappa shape index (κ1) is 11.1. The first-order valence-electron chi connectivity index (χ1n) is 5.89. The van der Waals surface area contributed by atoms with Crippen LogP contribution in [0.3, 0.4) is 0 Å². The van der Waals surface area contributed by atoms with Gasteiger partial charge in [0.25, 0.3) is 0 Å². The zero-order valence-corrected chi connectivity index (χ0v) is 9.61. The van der Waals surface area contributed by atoms with Gasteiger partial charge in [0.15, 0.2) is 5.78 Å². The molecule has 0 N–H and O–H groups in total. The molecule has 2 rings (SSSR count). The molecule has 0 amide bonds. The smallest absolute Gasteiger partial charge is 0.178 e. The first-order valence-corrected chi connectivity index (χ1v) is 5.89. The topological polar surface area (TPSA) is 39.2 Å². The molecular formula is C13H17NO2. The summed E-state index contributed by atoms with van der Waals surface area (Å²) in [5.74, 6) is 0.765. The minimum Gasteiger partial charge on any atom is -0.489 e. The SMILES string of the molecule is CC(=O)c1ccc(OC2CCCCC2)cn1. The van der Waals surface area contributed by atoms with Crippen molar-refractivity contribution in [1.82, 2.24) is 4.98 Å². The minimum atomic E-state index is -0.00998. The van der Waals surface area contributed by atoms with E-state index in [1.165, 1.54) is 26.2 Å². The van der Waals surface area contributed by atoms with Gasteiger partial charge in [-0.2, -0.15) is 0 Å². The van der Waals surface area contributed by atoms with Gasteiger partial charge in [-0.1, -0.05) is 6.42 Å². The third-order valence-electron chi connectivity index (χ3n) is 2.95. The Labute approximate surface area is 95.8 Å². The molecule has 1 aliphatic rings. The Bertz CT molecular complexity index is 353. The molecule has 0 spiro atoms. The highest BCUT2D eigenvalue weighted by Gasteiger charge is 2.14. The molecule has 1 aromatic rings. The predicted octanol–water partition coefficient (Wildman–Crippen LogP) is 3.00. The van der Waals surface area contributed by atoms with Gasteiger partial charge < -0.3 is 4.74 Å². The molecule has 0 radical (unpaired) electrons. The van der Waals surface area contributed by atoms with Crippen molar-refractivity contribution in [2.24, 2.45) is 0 Å². The summed E-state index contributed by atoms with van der Waals surface area (Å²) >= 11 is 0. The number of carbonyl (C=O) groups excluding carboxylic acids is 1. The second-order valence-corrected chi connectivity index (χ2v) is 4.31. The fraction of sp³-hybridized carbons (Fsp3) is 0.538. The van der Waals surface area contributed by atoms with Crippen LogP contribution in [0.25, 0.3) is 0 Å². The lowest BCUT2D eigenvalue weighted by atomic mass is 9.98. The van der Waals surface area contributed by atoms with Gasteiger partial charge in [0, 0.05) is 6.92 Å². The lowest BCUT2D eigenvalue weighted by molar-refractivity contribution is 0.101. The summed E-state index contributed by atoms with van der Waals surface area (Å²) in [4.78, 5) is 15.1. The standard InChI is InChI=1S/C13H17NO2/c1-10(15)13-8-7-12(9-14-13)16-11-5-3-2-4-6-11/h7-9,11H,2-6H2,1H3. The Balaban J connectivity index is 1.96. The Morgan fingerprint density at radius 1 is 1.31 bits per heavy atom. The minimum absolute atomic E-state index is 0.00998. The first-order chi connectivity index (χ1) is 7.75. The summed E-state index contributed by atoms with van der Waals surface area (Å²) in [7, 11) is 0. The van der Waals surface area contributed by atoms with E-state index >= 15 is 0 Å². The van der Waals surface area contributed by atoms with E-state index in [4.69, 9.17) is 4.74 Å². The molecular weight excluding hydrogens is 202 g/mol. The Kier molecular flexibility index (Phi) is 3.54. The van der Waals surface area contributed by atoms with E-state index in [-0.39, 0.29) is 5.78 Å². The van der Waals surface area contributed by atoms with Crippen LogP contribution in [0.15, 0.2) is 18.3 Å². The maximum atomic E-state index is 11.0. The van der Waals surface area contributed by atoms with Gasteiger partial charge in [0.05, 0.1) is 12.3 Å². The van der Waals surface area contributed by atoms with Crippen LogP contribution in [0.4, 0.5) is 0 Å². The quantitative estimate of drug-likeness (QED) is 0.733. The van der Waals surface area contributed by atoms with Gasteiger partial charge in [-0.3, -0.25) is 4.79 Å². The normalized spacial score (nSPS) is 17.1. The van der Waals surface area contributed by atoms with Gasteiger partial charge in [-0.15, -0.1) is 0 Å². The predicted molar refractivity (Wildman–Crippen MR) is 61.7 cm³/mol. The van der Waals surface area contributed by atoms with E-state index in [1.54, 1.807) is 12.3 Å². The molecule has 1 fully saturated rings. The average Bonchev–Trinajstić information content (AvgIpc) is 2.31. The molecule has 0 unspecified atom stereocenters. The molecule has 0 aliphatic heterocycles. The molecule has 0 bridgehead atoms. The van der Waals surface area contributed by atoms with Gasteiger partial charge in [-0.05, 0) is 37.8 Å². The number of ether oxygens (including phenoxy) is 1. The zero-order chi connectivity index (χ0) is 11.4. The number of nitrogens with zero attached hydrogens (tertiary/aromatic N) is 1. The molecule has 0 saturated heterocycles. The maximum absolute atomic E-state index is 11.0. The van der Waals surface area contributed by atoms with Crippen molar-refractivity contribution in [1.29, 1.82) is 0 Å². The van der Waals surface area contributed by atoms with Crippen LogP contribution in [-0.2, 0) is 0 Å². The molecule has 1 aromatic heterocycles. The van der Waals surface area contributed by atoms with Crippen molar-refractivity contribution in [3.8, 4) is 5.75 Å². The van der Waals surface area contributed by atoms with Gasteiger partial charge in [0.2, 0.25) is 0 Å². The monoisotopic (exact) mass is 219 g/mol. The highest BCUT2D eigenvalue weighted by Crippen LogP contribution is 2.22. The van der Waals surface area contributed by atoms with E-state index in [9.17, 15) is 4.79 Å². The molecule has 86 valence electrons. The van der Waals surface area contributed by atoms with Crippen LogP contribution in [0.2, 0.25) is 0 Å². The number of carbonyl (C=O) groups is 1. The van der Waals surface area contributed by atoms with E-state index in [2.05, 4.69) is 4.98 Å². The van der Waals surface area contributed by atoms with Gasteiger partial charge in [0.1, 0.15) is 11.4 Å². The van der Waals surface area contributed by atoms with Gasteiger partial charge >= 0.3 is 0 Å². The van der Waals surface area contributed by atoms with Crippen molar-refractivity contribution in [2.75, 3.05) is 0 Å². The Morgan fingerprint density at radius 3 is 2.62 bits per heavy atom. The number of aromatic nitrogens is 1. The second kappa shape index (κ2) is 5.10. The largest absolute Gasteiger partial charge is 0.489 e. The molecule has 3 heteroatoms. The molecule has 1 saturated carbocycles. The highest BCUT2D eigenvalue weighted by molar-refractivity contribution is 5.92. The van der Waals surface area contributed by atoms with Crippen LogP contribution in [0, 0.1) is 0 Å². The fourth-order valence-corrected chi connectivity index (χ4v) is 2.03. The van der Waals surface area contributed by atoms with Crippen molar-refractivity contribution < 1.29 is 9.53 Å². The third kappa shape index (κ3) is 2.81. The van der Waals surface area contributed by atoms with E-state index in [0.717, 1.165) is 18.6 Å². The molecule has 0 atom stereocenters.